The summed E-state index contributed by atoms with van der Waals surface area (Å²) in [6, 6.07) is 16.0. The fourth-order valence-electron chi connectivity index (χ4n) is 3.02. The Morgan fingerprint density at radius 2 is 1.83 bits per heavy atom. The Balaban J connectivity index is 1.91. The maximum Gasteiger partial charge on any atom is 0.267 e. The minimum absolute atomic E-state index is 0.267. The number of carbonyl (C=O) groups is 1. The lowest BCUT2D eigenvalue weighted by atomic mass is 10.1. The minimum atomic E-state index is -0.865. The van der Waals surface area contributed by atoms with Crippen molar-refractivity contribution in [3.63, 3.8) is 0 Å². The lowest BCUT2D eigenvalue weighted by Crippen LogP contribution is -2.25. The van der Waals surface area contributed by atoms with Crippen molar-refractivity contribution in [3.05, 3.63) is 94.2 Å². The number of fused-ring (bicyclic) bond motifs is 1. The number of rotatable bonds is 5. The highest BCUT2D eigenvalue weighted by atomic mass is 32.2. The second kappa shape index (κ2) is 8.08. The maximum atomic E-state index is 13.3. The van der Waals surface area contributed by atoms with E-state index in [0.717, 1.165) is 17.3 Å². The number of nitrogens with two attached hydrogens (primary N) is 1. The molecule has 8 heteroatoms. The predicted molar refractivity (Wildman–Crippen MR) is 114 cm³/mol. The normalized spacial score (nSPS) is 12.1. The van der Waals surface area contributed by atoms with Gasteiger partial charge in [0, 0.05) is 6.20 Å². The monoisotopic (exact) mass is 420 g/mol. The van der Waals surface area contributed by atoms with E-state index in [9.17, 15) is 14.0 Å². The molecule has 0 saturated heterocycles. The zero-order valence-electron chi connectivity index (χ0n) is 15.9. The number of benzene rings is 2. The summed E-state index contributed by atoms with van der Waals surface area (Å²) >= 11 is 1.03. The van der Waals surface area contributed by atoms with Crippen LogP contribution in [-0.4, -0.2) is 20.4 Å². The van der Waals surface area contributed by atoms with Gasteiger partial charge in [-0.15, -0.1) is 0 Å². The van der Waals surface area contributed by atoms with Crippen LogP contribution in [0.3, 0.4) is 0 Å². The van der Waals surface area contributed by atoms with Gasteiger partial charge < -0.3 is 5.73 Å². The largest absolute Gasteiger partial charge is 0.368 e. The summed E-state index contributed by atoms with van der Waals surface area (Å²) in [5.74, 6) is -0.664. The van der Waals surface area contributed by atoms with Gasteiger partial charge in [-0.05, 0) is 48.4 Å². The Morgan fingerprint density at radius 3 is 2.50 bits per heavy atom. The Hall–Kier alpha value is -3.52. The summed E-state index contributed by atoms with van der Waals surface area (Å²) in [5.41, 5.74) is 7.28. The number of carbonyl (C=O) groups excluding carboxylic acids is 1. The molecule has 4 rings (SSSR count). The third-order valence-corrected chi connectivity index (χ3v) is 5.75. The average Bonchev–Trinajstić information content (AvgIpc) is 2.74. The molecule has 6 nitrogen and oxygen atoms in total. The van der Waals surface area contributed by atoms with Crippen LogP contribution in [0.2, 0.25) is 0 Å². The van der Waals surface area contributed by atoms with E-state index in [4.69, 9.17) is 5.73 Å². The molecule has 150 valence electrons. The van der Waals surface area contributed by atoms with Gasteiger partial charge in [0.15, 0.2) is 5.16 Å². The van der Waals surface area contributed by atoms with Gasteiger partial charge >= 0.3 is 0 Å². The Labute approximate surface area is 175 Å². The molecule has 0 unspecified atom stereocenters. The van der Waals surface area contributed by atoms with Gasteiger partial charge in [-0.25, -0.2) is 18.9 Å². The highest BCUT2D eigenvalue weighted by Gasteiger charge is 2.24. The predicted octanol–water partition coefficient (Wildman–Crippen LogP) is 3.55. The smallest absolute Gasteiger partial charge is 0.267 e. The number of nitrogens with zero attached hydrogens (tertiary/aromatic N) is 3. The number of hydrogen-bond donors (Lipinski definition) is 1. The molecule has 30 heavy (non-hydrogen) atoms. The minimum Gasteiger partial charge on any atom is -0.368 e. The van der Waals surface area contributed by atoms with Crippen molar-refractivity contribution in [3.8, 4) is 5.82 Å². The van der Waals surface area contributed by atoms with Crippen molar-refractivity contribution in [2.24, 2.45) is 5.73 Å². The molecule has 0 bridgehead atoms. The second-order valence-electron chi connectivity index (χ2n) is 6.70. The zero-order valence-corrected chi connectivity index (χ0v) is 16.8. The number of halogens is 1. The first-order valence-electron chi connectivity index (χ1n) is 9.10. The van der Waals surface area contributed by atoms with Crippen LogP contribution in [0, 0.1) is 12.7 Å². The molecular weight excluding hydrogens is 403 g/mol. The Bertz CT molecular complexity index is 1290. The van der Waals surface area contributed by atoms with Crippen LogP contribution in [0.25, 0.3) is 16.7 Å². The molecule has 1 amide bonds. The van der Waals surface area contributed by atoms with E-state index in [2.05, 4.69) is 9.97 Å². The third kappa shape index (κ3) is 3.81. The highest BCUT2D eigenvalue weighted by Crippen LogP contribution is 2.35. The molecule has 0 aliphatic rings. The number of hydrogen-bond acceptors (Lipinski definition) is 5. The van der Waals surface area contributed by atoms with Crippen molar-refractivity contribution in [2.75, 3.05) is 0 Å². The lowest BCUT2D eigenvalue weighted by molar-refractivity contribution is -0.117. The highest BCUT2D eigenvalue weighted by molar-refractivity contribution is 8.00. The molecular formula is C22H17FN4O2S. The fraction of sp³-hybridized carbons (Fsp3) is 0.0909. The van der Waals surface area contributed by atoms with Crippen molar-refractivity contribution in [2.45, 2.75) is 17.3 Å². The molecule has 2 N–H and O–H groups in total. The van der Waals surface area contributed by atoms with Gasteiger partial charge in [0.2, 0.25) is 5.91 Å². The van der Waals surface area contributed by atoms with Crippen LogP contribution in [0.1, 0.15) is 16.4 Å². The number of pyridine rings is 1. The third-order valence-electron chi connectivity index (χ3n) is 4.52. The van der Waals surface area contributed by atoms with E-state index >= 15 is 0 Å². The van der Waals surface area contributed by atoms with Gasteiger partial charge in [0.25, 0.3) is 5.56 Å². The molecule has 1 atom stereocenters. The van der Waals surface area contributed by atoms with Gasteiger partial charge in [0.05, 0.1) is 10.9 Å². The molecule has 0 radical (unpaired) electrons. The number of primary amides is 1. The van der Waals surface area contributed by atoms with E-state index in [-0.39, 0.29) is 10.7 Å². The first-order chi connectivity index (χ1) is 14.4. The van der Waals surface area contributed by atoms with E-state index in [1.807, 2.05) is 13.0 Å². The van der Waals surface area contributed by atoms with Crippen LogP contribution in [0.4, 0.5) is 4.39 Å². The SMILES string of the molecule is Cc1ccc(-n2c(S[C@H](C(N)=O)c3ccc(F)cc3)nc3ccccc3c2=O)nc1. The van der Waals surface area contributed by atoms with Crippen LogP contribution >= 0.6 is 11.8 Å². The molecule has 4 aromatic rings. The van der Waals surface area contributed by atoms with E-state index in [1.54, 1.807) is 36.5 Å². The van der Waals surface area contributed by atoms with Crippen molar-refractivity contribution in [1.82, 2.24) is 14.5 Å². The summed E-state index contributed by atoms with van der Waals surface area (Å²) in [6.07, 6.45) is 1.65. The van der Waals surface area contributed by atoms with Crippen molar-refractivity contribution >= 4 is 28.6 Å². The number of thioether (sulfide) groups is 1. The first-order valence-corrected chi connectivity index (χ1v) is 9.98. The van der Waals surface area contributed by atoms with Gasteiger partial charge in [0.1, 0.15) is 16.9 Å². The topological polar surface area (TPSA) is 90.9 Å². The summed E-state index contributed by atoms with van der Waals surface area (Å²) in [4.78, 5) is 34.4. The van der Waals surface area contributed by atoms with Gasteiger partial charge in [-0.1, -0.05) is 42.1 Å². The van der Waals surface area contributed by atoms with Crippen LogP contribution in [0.15, 0.2) is 76.8 Å². The van der Waals surface area contributed by atoms with E-state index < -0.39 is 17.0 Å². The Kier molecular flexibility index (Phi) is 5.33. The molecule has 0 fully saturated rings. The zero-order chi connectivity index (χ0) is 21.3. The molecule has 0 saturated carbocycles. The van der Waals surface area contributed by atoms with Crippen molar-refractivity contribution in [1.29, 1.82) is 0 Å². The summed E-state index contributed by atoms with van der Waals surface area (Å²) in [6.45, 7) is 1.89. The molecule has 0 aliphatic heterocycles. The van der Waals surface area contributed by atoms with Crippen molar-refractivity contribution < 1.29 is 9.18 Å². The Morgan fingerprint density at radius 1 is 1.10 bits per heavy atom. The quantitative estimate of drug-likeness (QED) is 0.394. The van der Waals surface area contributed by atoms with E-state index in [1.165, 1.54) is 28.8 Å². The number of amides is 1. The molecule has 0 aliphatic carbocycles. The molecule has 2 heterocycles. The second-order valence-corrected chi connectivity index (χ2v) is 7.77. The van der Waals surface area contributed by atoms with Crippen LogP contribution < -0.4 is 11.3 Å². The standard InChI is InChI=1S/C22H17FN4O2S/c1-13-6-11-18(25-12-13)27-21(29)16-4-2-3-5-17(16)26-22(27)30-19(20(24)28)14-7-9-15(23)10-8-14/h2-12,19H,1H3,(H2,24,28)/t19-/m0/s1. The number of para-hydroxylation sites is 1. The maximum absolute atomic E-state index is 13.3. The number of aryl methyl sites for hydroxylation is 1. The van der Waals surface area contributed by atoms with Crippen LogP contribution in [0.5, 0.6) is 0 Å². The van der Waals surface area contributed by atoms with Gasteiger partial charge in [-0.3, -0.25) is 9.59 Å². The van der Waals surface area contributed by atoms with Crippen LogP contribution in [-0.2, 0) is 4.79 Å². The average molecular weight is 420 g/mol. The fourth-order valence-corrected chi connectivity index (χ4v) is 4.07. The van der Waals surface area contributed by atoms with E-state index in [0.29, 0.717) is 22.3 Å². The first kappa shape index (κ1) is 19.8. The molecule has 2 aromatic heterocycles. The summed E-state index contributed by atoms with van der Waals surface area (Å²) in [5, 5.41) is -0.167. The summed E-state index contributed by atoms with van der Waals surface area (Å²) in [7, 11) is 0. The number of aromatic nitrogens is 3. The summed E-state index contributed by atoms with van der Waals surface area (Å²) < 4.78 is 14.7. The molecule has 2 aromatic carbocycles. The molecule has 0 spiro atoms. The lowest BCUT2D eigenvalue weighted by Gasteiger charge is -2.17. The van der Waals surface area contributed by atoms with Gasteiger partial charge in [-0.2, -0.15) is 0 Å².